The fourth-order valence-corrected chi connectivity index (χ4v) is 4.41. The number of sulfonamides is 1. The Labute approximate surface area is 103 Å². The van der Waals surface area contributed by atoms with Crippen molar-refractivity contribution in [1.82, 2.24) is 9.62 Å². The fourth-order valence-electron chi connectivity index (χ4n) is 2.51. The molecule has 5 nitrogen and oxygen atoms in total. The van der Waals surface area contributed by atoms with Crippen LogP contribution in [-0.4, -0.2) is 54.9 Å². The molecule has 2 aliphatic rings. The third kappa shape index (κ3) is 2.99. The molecule has 2 heterocycles. The molecule has 0 radical (unpaired) electrons. The van der Waals surface area contributed by atoms with Crippen LogP contribution in [-0.2, 0) is 10.0 Å². The minimum Gasteiger partial charge on any atom is -0.390 e. The van der Waals surface area contributed by atoms with E-state index in [1.165, 1.54) is 0 Å². The van der Waals surface area contributed by atoms with Crippen molar-refractivity contribution < 1.29 is 13.5 Å². The molecule has 2 rings (SSSR count). The molecule has 1 atom stereocenters. The molecular formula is C11H22N2O3S. The van der Waals surface area contributed by atoms with Crippen molar-refractivity contribution in [1.29, 1.82) is 0 Å². The van der Waals surface area contributed by atoms with E-state index in [4.69, 9.17) is 0 Å². The van der Waals surface area contributed by atoms with E-state index in [0.717, 1.165) is 19.4 Å². The molecule has 0 aromatic heterocycles. The van der Waals surface area contributed by atoms with E-state index in [-0.39, 0.29) is 5.25 Å². The Hall–Kier alpha value is -0.170. The van der Waals surface area contributed by atoms with Crippen LogP contribution >= 0.6 is 0 Å². The lowest BCUT2D eigenvalue weighted by atomic mass is 9.95. The van der Waals surface area contributed by atoms with Gasteiger partial charge in [0.05, 0.1) is 10.9 Å². The van der Waals surface area contributed by atoms with E-state index in [0.29, 0.717) is 32.5 Å². The van der Waals surface area contributed by atoms with E-state index in [1.54, 1.807) is 11.2 Å². The van der Waals surface area contributed by atoms with Gasteiger partial charge in [0.25, 0.3) is 0 Å². The normalized spacial score (nSPS) is 31.3. The van der Waals surface area contributed by atoms with Gasteiger partial charge in [0.2, 0.25) is 10.0 Å². The van der Waals surface area contributed by atoms with Crippen molar-refractivity contribution in [3.05, 3.63) is 0 Å². The Bertz CT molecular complexity index is 351. The summed E-state index contributed by atoms with van der Waals surface area (Å²) in [5.74, 6) is 0. The monoisotopic (exact) mass is 262 g/mol. The van der Waals surface area contributed by atoms with Crippen LogP contribution in [0.4, 0.5) is 0 Å². The molecule has 0 aliphatic carbocycles. The van der Waals surface area contributed by atoms with Crippen molar-refractivity contribution in [2.75, 3.05) is 26.2 Å². The first-order valence-electron chi connectivity index (χ1n) is 6.34. The Morgan fingerprint density at radius 1 is 1.35 bits per heavy atom. The highest BCUT2D eigenvalue weighted by atomic mass is 32.2. The molecule has 0 bridgehead atoms. The second-order valence-electron chi connectivity index (χ2n) is 5.41. The molecule has 0 spiro atoms. The van der Waals surface area contributed by atoms with Crippen LogP contribution in [0.15, 0.2) is 0 Å². The van der Waals surface area contributed by atoms with Crippen molar-refractivity contribution in [3.8, 4) is 0 Å². The predicted molar refractivity (Wildman–Crippen MR) is 66.2 cm³/mol. The maximum atomic E-state index is 12.4. The third-order valence-electron chi connectivity index (χ3n) is 3.83. The van der Waals surface area contributed by atoms with Gasteiger partial charge < -0.3 is 10.4 Å². The molecule has 17 heavy (non-hydrogen) atoms. The molecule has 100 valence electrons. The van der Waals surface area contributed by atoms with Gasteiger partial charge in [-0.15, -0.1) is 0 Å². The van der Waals surface area contributed by atoms with Gasteiger partial charge in [-0.2, -0.15) is 0 Å². The quantitative estimate of drug-likeness (QED) is 0.730. The van der Waals surface area contributed by atoms with E-state index in [9.17, 15) is 13.5 Å². The zero-order chi connectivity index (χ0) is 12.5. The van der Waals surface area contributed by atoms with Crippen LogP contribution < -0.4 is 5.32 Å². The first-order valence-corrected chi connectivity index (χ1v) is 7.84. The molecule has 2 saturated heterocycles. The van der Waals surface area contributed by atoms with Crippen LogP contribution in [0.2, 0.25) is 0 Å². The van der Waals surface area contributed by atoms with E-state index in [2.05, 4.69) is 5.32 Å². The van der Waals surface area contributed by atoms with Gasteiger partial charge in [0.1, 0.15) is 0 Å². The average molecular weight is 262 g/mol. The highest BCUT2D eigenvalue weighted by molar-refractivity contribution is 7.89. The Kier molecular flexibility index (Phi) is 3.77. The van der Waals surface area contributed by atoms with Crippen molar-refractivity contribution in [2.24, 2.45) is 0 Å². The highest BCUT2D eigenvalue weighted by Crippen LogP contribution is 2.26. The van der Waals surface area contributed by atoms with Gasteiger partial charge in [-0.1, -0.05) is 0 Å². The first-order chi connectivity index (χ1) is 7.92. The van der Waals surface area contributed by atoms with Crippen LogP contribution in [0.3, 0.4) is 0 Å². The predicted octanol–water partition coefficient (Wildman–Crippen LogP) is -0.0850. The number of rotatable bonds is 2. The Morgan fingerprint density at radius 2 is 2.00 bits per heavy atom. The molecule has 2 fully saturated rings. The molecule has 2 N–H and O–H groups in total. The summed E-state index contributed by atoms with van der Waals surface area (Å²) < 4.78 is 26.3. The van der Waals surface area contributed by atoms with Crippen molar-refractivity contribution in [2.45, 2.75) is 43.5 Å². The Morgan fingerprint density at radius 3 is 2.53 bits per heavy atom. The van der Waals surface area contributed by atoms with Gasteiger partial charge in [-0.25, -0.2) is 12.7 Å². The molecular weight excluding hydrogens is 240 g/mol. The van der Waals surface area contributed by atoms with Gasteiger partial charge in [0.15, 0.2) is 0 Å². The lowest BCUT2D eigenvalue weighted by Gasteiger charge is -2.37. The molecule has 1 unspecified atom stereocenters. The summed E-state index contributed by atoms with van der Waals surface area (Å²) in [5.41, 5.74) is -0.698. The van der Waals surface area contributed by atoms with Gasteiger partial charge in [-0.3, -0.25) is 0 Å². The van der Waals surface area contributed by atoms with E-state index < -0.39 is 15.6 Å². The van der Waals surface area contributed by atoms with Crippen LogP contribution in [0.1, 0.15) is 32.6 Å². The van der Waals surface area contributed by atoms with Crippen molar-refractivity contribution in [3.63, 3.8) is 0 Å². The molecule has 6 heteroatoms. The average Bonchev–Trinajstić information content (AvgIpc) is 2.29. The van der Waals surface area contributed by atoms with Gasteiger partial charge >= 0.3 is 0 Å². The van der Waals surface area contributed by atoms with Gasteiger partial charge in [0, 0.05) is 19.6 Å². The lowest BCUT2D eigenvalue weighted by molar-refractivity contribution is 0.0124. The number of piperidine rings is 2. The summed E-state index contributed by atoms with van der Waals surface area (Å²) in [5, 5.41) is 12.7. The SMILES string of the molecule is CC1(O)CCN(S(=O)(=O)C2CCCNC2)CC1. The minimum atomic E-state index is -3.18. The maximum absolute atomic E-state index is 12.4. The smallest absolute Gasteiger partial charge is 0.218 e. The standard InChI is InChI=1S/C11H22N2O3S/c1-11(14)4-7-13(8-5-11)17(15,16)10-3-2-6-12-9-10/h10,12,14H,2-9H2,1H3. The largest absolute Gasteiger partial charge is 0.390 e. The molecule has 2 aliphatic heterocycles. The number of nitrogens with zero attached hydrogens (tertiary/aromatic N) is 1. The Balaban J connectivity index is 2.01. The third-order valence-corrected chi connectivity index (χ3v) is 6.16. The summed E-state index contributed by atoms with van der Waals surface area (Å²) in [4.78, 5) is 0. The summed E-state index contributed by atoms with van der Waals surface area (Å²) in [7, 11) is -3.18. The maximum Gasteiger partial charge on any atom is 0.218 e. The number of hydrogen-bond acceptors (Lipinski definition) is 4. The zero-order valence-corrected chi connectivity index (χ0v) is 11.2. The zero-order valence-electron chi connectivity index (χ0n) is 10.4. The molecule has 0 amide bonds. The second-order valence-corrected chi connectivity index (χ2v) is 7.62. The molecule has 0 aromatic rings. The molecule has 0 saturated carbocycles. The van der Waals surface area contributed by atoms with E-state index in [1.807, 2.05) is 0 Å². The van der Waals surface area contributed by atoms with Crippen LogP contribution in [0, 0.1) is 0 Å². The van der Waals surface area contributed by atoms with Crippen molar-refractivity contribution >= 4 is 10.0 Å². The summed E-state index contributed by atoms with van der Waals surface area (Å²) in [6, 6.07) is 0. The second kappa shape index (κ2) is 4.84. The molecule has 0 aromatic carbocycles. The van der Waals surface area contributed by atoms with Gasteiger partial charge in [-0.05, 0) is 39.2 Å². The lowest BCUT2D eigenvalue weighted by Crippen LogP contribution is -2.51. The fraction of sp³-hybridized carbons (Fsp3) is 1.00. The highest BCUT2D eigenvalue weighted by Gasteiger charge is 2.37. The minimum absolute atomic E-state index is 0.278. The number of aliphatic hydroxyl groups is 1. The summed E-state index contributed by atoms with van der Waals surface area (Å²) in [6.45, 7) is 4.16. The summed E-state index contributed by atoms with van der Waals surface area (Å²) >= 11 is 0. The number of hydrogen-bond donors (Lipinski definition) is 2. The summed E-state index contributed by atoms with van der Waals surface area (Å²) in [6.07, 6.45) is 2.75. The topological polar surface area (TPSA) is 69.6 Å². The van der Waals surface area contributed by atoms with Crippen LogP contribution in [0.5, 0.6) is 0 Å². The van der Waals surface area contributed by atoms with Crippen LogP contribution in [0.25, 0.3) is 0 Å². The first kappa shape index (κ1) is 13.3. The number of nitrogens with one attached hydrogen (secondary N) is 1. The van der Waals surface area contributed by atoms with E-state index >= 15 is 0 Å².